The summed E-state index contributed by atoms with van der Waals surface area (Å²) in [6, 6.07) is 0. The molecule has 0 radical (unpaired) electrons. The Morgan fingerprint density at radius 1 is 1.70 bits per heavy atom. The highest BCUT2D eigenvalue weighted by molar-refractivity contribution is 7.91. The molecule has 0 spiro atoms. The van der Waals surface area contributed by atoms with E-state index in [1.165, 1.54) is 0 Å². The van der Waals surface area contributed by atoms with Gasteiger partial charge < -0.3 is 0 Å². The van der Waals surface area contributed by atoms with Gasteiger partial charge in [0.15, 0.2) is 0 Å². The van der Waals surface area contributed by atoms with E-state index in [0.717, 1.165) is 11.5 Å². The van der Waals surface area contributed by atoms with Crippen LogP contribution in [0.4, 0.5) is 4.39 Å². The van der Waals surface area contributed by atoms with Gasteiger partial charge in [-0.05, 0) is 6.08 Å². The standard InChI is InChI=1S/C4H4FNO3S/c5-2-1-3-9-10(7,8)4-6/h1-2H,3H2. The fraction of sp³-hybridized carbons (Fsp3) is 0.250. The Balaban J connectivity index is 3.85. The monoisotopic (exact) mass is 165 g/mol. The lowest BCUT2D eigenvalue weighted by molar-refractivity contribution is 0.364. The van der Waals surface area contributed by atoms with Gasteiger partial charge in [0.1, 0.15) is 0 Å². The van der Waals surface area contributed by atoms with E-state index in [2.05, 4.69) is 4.18 Å². The summed E-state index contributed by atoms with van der Waals surface area (Å²) in [6.07, 6.45) is 0.960. The minimum absolute atomic E-state index is 0.132. The van der Waals surface area contributed by atoms with E-state index in [1.807, 2.05) is 0 Å². The van der Waals surface area contributed by atoms with Crippen molar-refractivity contribution in [1.29, 1.82) is 5.26 Å². The van der Waals surface area contributed by atoms with Crippen LogP contribution in [0.1, 0.15) is 0 Å². The van der Waals surface area contributed by atoms with Crippen LogP contribution in [-0.4, -0.2) is 15.0 Å². The lowest BCUT2D eigenvalue weighted by Crippen LogP contribution is -2.01. The first-order valence-electron chi connectivity index (χ1n) is 2.18. The van der Waals surface area contributed by atoms with Gasteiger partial charge in [0.2, 0.25) is 5.40 Å². The van der Waals surface area contributed by atoms with Crippen LogP contribution >= 0.6 is 0 Å². The van der Waals surface area contributed by atoms with E-state index in [1.54, 1.807) is 0 Å². The van der Waals surface area contributed by atoms with Crippen LogP contribution in [0.15, 0.2) is 12.4 Å². The summed E-state index contributed by atoms with van der Waals surface area (Å²) in [7, 11) is -4.10. The van der Waals surface area contributed by atoms with Crippen molar-refractivity contribution in [1.82, 2.24) is 0 Å². The molecule has 4 nitrogen and oxygen atoms in total. The predicted octanol–water partition coefficient (Wildman–Crippen LogP) is 0.297. The zero-order valence-corrected chi connectivity index (χ0v) is 5.64. The summed E-state index contributed by atoms with van der Waals surface area (Å²) in [5, 5.41) is 8.71. The molecule has 0 aromatic carbocycles. The predicted molar refractivity (Wildman–Crippen MR) is 30.7 cm³/mol. The number of hydrogen-bond acceptors (Lipinski definition) is 4. The minimum Gasteiger partial charge on any atom is -0.255 e. The molecule has 0 aromatic heterocycles. The van der Waals surface area contributed by atoms with E-state index in [4.69, 9.17) is 5.26 Å². The molecule has 0 rings (SSSR count). The summed E-state index contributed by atoms with van der Waals surface area (Å²) < 4.78 is 35.3. The maximum absolute atomic E-state index is 11.1. The Hall–Kier alpha value is -0.930. The van der Waals surface area contributed by atoms with Gasteiger partial charge in [-0.25, -0.2) is 4.39 Å². The van der Waals surface area contributed by atoms with E-state index in [-0.39, 0.29) is 6.33 Å². The van der Waals surface area contributed by atoms with Crippen LogP contribution in [0.25, 0.3) is 0 Å². The van der Waals surface area contributed by atoms with Gasteiger partial charge in [0.05, 0.1) is 12.9 Å². The lowest BCUT2D eigenvalue weighted by atomic mass is 10.7. The molecule has 0 saturated heterocycles. The Bertz CT molecular complexity index is 250. The number of halogens is 1. The molecule has 0 heterocycles. The second kappa shape index (κ2) is 3.98. The smallest absolute Gasteiger partial charge is 0.255 e. The van der Waals surface area contributed by atoms with Gasteiger partial charge in [0.25, 0.3) is 0 Å². The van der Waals surface area contributed by atoms with Crippen LogP contribution in [0.3, 0.4) is 0 Å². The third-order valence-corrected chi connectivity index (χ3v) is 1.19. The number of thiocyanates is 1. The van der Waals surface area contributed by atoms with Crippen molar-refractivity contribution in [2.45, 2.75) is 0 Å². The molecule has 0 amide bonds. The molecule has 0 atom stereocenters. The van der Waals surface area contributed by atoms with E-state index in [9.17, 15) is 12.8 Å². The van der Waals surface area contributed by atoms with Gasteiger partial charge in [0, 0.05) is 0 Å². The molecule has 10 heavy (non-hydrogen) atoms. The fourth-order valence-electron chi connectivity index (χ4n) is 0.192. The van der Waals surface area contributed by atoms with Gasteiger partial charge in [-0.15, -0.1) is 0 Å². The summed E-state index contributed by atoms with van der Waals surface area (Å²) in [5.41, 5.74) is 0. The molecule has 6 heteroatoms. The molecule has 0 aliphatic carbocycles. The quantitative estimate of drug-likeness (QED) is 0.342. The number of nitriles is 1. The van der Waals surface area contributed by atoms with E-state index >= 15 is 0 Å². The lowest BCUT2D eigenvalue weighted by Gasteiger charge is -1.89. The topological polar surface area (TPSA) is 67.2 Å². The molecule has 0 saturated carbocycles. The molecule has 0 aromatic rings. The zero-order chi connectivity index (χ0) is 8.04. The second-order valence-electron chi connectivity index (χ2n) is 1.19. The Morgan fingerprint density at radius 3 is 2.70 bits per heavy atom. The van der Waals surface area contributed by atoms with Crippen LogP contribution < -0.4 is 0 Å². The first-order chi connectivity index (χ1) is 4.62. The third-order valence-electron chi connectivity index (χ3n) is 0.520. The molecule has 0 unspecified atom stereocenters. The highest BCUT2D eigenvalue weighted by atomic mass is 32.2. The number of hydrogen-bond donors (Lipinski definition) is 0. The van der Waals surface area contributed by atoms with Gasteiger partial charge in [-0.3, -0.25) is 4.18 Å². The van der Waals surface area contributed by atoms with Crippen molar-refractivity contribution in [3.05, 3.63) is 12.4 Å². The largest absolute Gasteiger partial charge is 0.363 e. The average molecular weight is 165 g/mol. The minimum atomic E-state index is -4.10. The first kappa shape index (κ1) is 9.07. The van der Waals surface area contributed by atoms with E-state index < -0.39 is 16.7 Å². The Labute approximate surface area is 57.7 Å². The zero-order valence-electron chi connectivity index (χ0n) is 4.82. The highest BCUT2D eigenvalue weighted by Gasteiger charge is 2.05. The summed E-state index contributed by atoms with van der Waals surface area (Å²) >= 11 is 0. The molecule has 0 fully saturated rings. The summed E-state index contributed by atoms with van der Waals surface area (Å²) in [6.45, 7) is -0.452. The SMILES string of the molecule is N#CS(=O)(=O)OCC=CF. The molecular formula is C4H4FNO3S. The average Bonchev–Trinajstić information content (AvgIpc) is 1.89. The highest BCUT2D eigenvalue weighted by Crippen LogP contribution is 1.89. The Morgan fingerprint density at radius 2 is 2.30 bits per heavy atom. The van der Waals surface area contributed by atoms with Crippen molar-refractivity contribution in [2.24, 2.45) is 0 Å². The van der Waals surface area contributed by atoms with Crippen molar-refractivity contribution in [3.8, 4) is 5.40 Å². The molecule has 0 bridgehead atoms. The molecular weight excluding hydrogens is 161 g/mol. The normalized spacial score (nSPS) is 11.6. The first-order valence-corrected chi connectivity index (χ1v) is 3.58. The van der Waals surface area contributed by atoms with Crippen molar-refractivity contribution >= 4 is 10.1 Å². The maximum Gasteiger partial charge on any atom is 0.363 e. The van der Waals surface area contributed by atoms with Crippen molar-refractivity contribution in [3.63, 3.8) is 0 Å². The molecule has 0 aliphatic rings. The number of nitrogens with zero attached hydrogens (tertiary/aromatic N) is 1. The summed E-state index contributed by atoms with van der Waals surface area (Å²) in [4.78, 5) is 0. The maximum atomic E-state index is 11.1. The fourth-order valence-corrected chi connectivity index (χ4v) is 0.502. The van der Waals surface area contributed by atoms with Crippen molar-refractivity contribution < 1.29 is 17.0 Å². The summed E-state index contributed by atoms with van der Waals surface area (Å²) in [5.74, 6) is 0. The third kappa shape index (κ3) is 4.00. The van der Waals surface area contributed by atoms with Gasteiger partial charge in [-0.1, -0.05) is 0 Å². The van der Waals surface area contributed by atoms with Crippen LogP contribution in [0.2, 0.25) is 0 Å². The van der Waals surface area contributed by atoms with Crippen LogP contribution in [-0.2, 0) is 14.3 Å². The van der Waals surface area contributed by atoms with E-state index in [0.29, 0.717) is 0 Å². The second-order valence-corrected chi connectivity index (χ2v) is 2.52. The van der Waals surface area contributed by atoms with Crippen LogP contribution in [0, 0.1) is 10.7 Å². The molecule has 0 N–H and O–H groups in total. The van der Waals surface area contributed by atoms with Crippen LogP contribution in [0.5, 0.6) is 0 Å². The Kier molecular flexibility index (Phi) is 3.61. The molecule has 56 valence electrons. The molecule has 0 aliphatic heterocycles. The van der Waals surface area contributed by atoms with Gasteiger partial charge >= 0.3 is 10.1 Å². The van der Waals surface area contributed by atoms with Crippen molar-refractivity contribution in [2.75, 3.05) is 6.61 Å². The van der Waals surface area contributed by atoms with Gasteiger partial charge in [-0.2, -0.15) is 13.7 Å². The number of rotatable bonds is 3.